The summed E-state index contributed by atoms with van der Waals surface area (Å²) in [6, 6.07) is 2.21. The molecule has 1 aromatic heterocycles. The van der Waals surface area contributed by atoms with Crippen molar-refractivity contribution in [2.45, 2.75) is 25.7 Å². The van der Waals surface area contributed by atoms with Crippen molar-refractivity contribution in [3.63, 3.8) is 0 Å². The van der Waals surface area contributed by atoms with Gasteiger partial charge in [0.25, 0.3) is 0 Å². The molecule has 1 aliphatic carbocycles. The number of rotatable bonds is 1. The van der Waals surface area contributed by atoms with Gasteiger partial charge in [-0.25, -0.2) is 0 Å². The Morgan fingerprint density at radius 1 is 1.42 bits per heavy atom. The second-order valence-electron chi connectivity index (χ2n) is 3.29. The Balaban J connectivity index is 2.38. The third-order valence-corrected chi connectivity index (χ3v) is 3.63. The molecular formula is C10H13NS. The van der Waals surface area contributed by atoms with Crippen LogP contribution in [0.2, 0.25) is 0 Å². The van der Waals surface area contributed by atoms with Gasteiger partial charge in [0.05, 0.1) is 0 Å². The number of aryl methyl sites for hydroxylation is 2. The summed E-state index contributed by atoms with van der Waals surface area (Å²) >= 11 is 1.82. The minimum Gasteiger partial charge on any atom is -0.398 e. The minimum absolute atomic E-state index is 0.717. The van der Waals surface area contributed by atoms with Crippen LogP contribution in [0.4, 0.5) is 0 Å². The average molecular weight is 179 g/mol. The molecule has 0 spiro atoms. The van der Waals surface area contributed by atoms with E-state index in [2.05, 4.69) is 12.6 Å². The Morgan fingerprint density at radius 2 is 2.17 bits per heavy atom. The number of fused-ring (bicyclic) bond motifs is 1. The first-order chi connectivity index (χ1) is 5.77. The molecule has 0 aromatic carbocycles. The Bertz CT molecular complexity index is 288. The highest BCUT2D eigenvalue weighted by molar-refractivity contribution is 7.13. The molecule has 0 fully saturated rings. The van der Waals surface area contributed by atoms with Crippen LogP contribution in [0.3, 0.4) is 0 Å². The van der Waals surface area contributed by atoms with Crippen LogP contribution in [-0.4, -0.2) is 0 Å². The second-order valence-corrected chi connectivity index (χ2v) is 4.43. The molecule has 0 saturated heterocycles. The fourth-order valence-corrected chi connectivity index (χ4v) is 2.79. The van der Waals surface area contributed by atoms with Crippen LogP contribution in [0.1, 0.15) is 28.2 Å². The van der Waals surface area contributed by atoms with E-state index in [9.17, 15) is 0 Å². The lowest BCUT2D eigenvalue weighted by Crippen LogP contribution is -1.96. The smallest absolute Gasteiger partial charge is 0.0499 e. The highest BCUT2D eigenvalue weighted by Gasteiger charge is 2.13. The normalized spacial score (nSPS) is 15.7. The van der Waals surface area contributed by atoms with Gasteiger partial charge in [0.2, 0.25) is 0 Å². The Morgan fingerprint density at radius 3 is 2.83 bits per heavy atom. The van der Waals surface area contributed by atoms with Crippen LogP contribution in [-0.2, 0) is 12.8 Å². The second kappa shape index (κ2) is 2.94. The number of thiophene rings is 1. The van der Waals surface area contributed by atoms with Crippen molar-refractivity contribution < 1.29 is 0 Å². The molecule has 2 N–H and O–H groups in total. The number of hydrogen-bond donors (Lipinski definition) is 1. The zero-order valence-corrected chi connectivity index (χ0v) is 7.91. The van der Waals surface area contributed by atoms with Crippen molar-refractivity contribution in [2.75, 3.05) is 0 Å². The van der Waals surface area contributed by atoms with Gasteiger partial charge >= 0.3 is 0 Å². The van der Waals surface area contributed by atoms with Crippen LogP contribution in [0.15, 0.2) is 12.6 Å². The van der Waals surface area contributed by atoms with Gasteiger partial charge in [-0.05, 0) is 37.3 Å². The van der Waals surface area contributed by atoms with E-state index in [4.69, 9.17) is 5.73 Å². The first kappa shape index (κ1) is 7.87. The van der Waals surface area contributed by atoms with Crippen molar-refractivity contribution >= 4 is 17.0 Å². The molecule has 12 heavy (non-hydrogen) atoms. The van der Waals surface area contributed by atoms with Crippen molar-refractivity contribution in [1.29, 1.82) is 0 Å². The summed E-state index contributed by atoms with van der Waals surface area (Å²) in [6.45, 7) is 3.76. The summed E-state index contributed by atoms with van der Waals surface area (Å²) < 4.78 is 0. The summed E-state index contributed by atoms with van der Waals surface area (Å²) in [6.07, 6.45) is 5.15. The Kier molecular flexibility index (Phi) is 1.93. The van der Waals surface area contributed by atoms with Gasteiger partial charge in [-0.2, -0.15) is 0 Å². The van der Waals surface area contributed by atoms with E-state index in [-0.39, 0.29) is 0 Å². The van der Waals surface area contributed by atoms with Gasteiger partial charge in [-0.3, -0.25) is 0 Å². The highest BCUT2D eigenvalue weighted by atomic mass is 32.1. The molecule has 0 bridgehead atoms. The van der Waals surface area contributed by atoms with E-state index >= 15 is 0 Å². The molecule has 1 nitrogen and oxygen atoms in total. The van der Waals surface area contributed by atoms with E-state index in [1.54, 1.807) is 0 Å². The van der Waals surface area contributed by atoms with Crippen molar-refractivity contribution in [2.24, 2.45) is 5.73 Å². The molecule has 1 aromatic rings. The van der Waals surface area contributed by atoms with E-state index in [0.717, 1.165) is 5.70 Å². The zero-order valence-electron chi connectivity index (χ0n) is 7.10. The molecule has 2 rings (SSSR count). The van der Waals surface area contributed by atoms with E-state index in [1.807, 2.05) is 11.3 Å². The number of nitrogens with two attached hydrogens (primary N) is 1. The van der Waals surface area contributed by atoms with E-state index < -0.39 is 0 Å². The number of hydrogen-bond acceptors (Lipinski definition) is 2. The fourth-order valence-electron chi connectivity index (χ4n) is 1.65. The molecule has 0 amide bonds. The summed E-state index contributed by atoms with van der Waals surface area (Å²) in [5.41, 5.74) is 7.87. The predicted octanol–water partition coefficient (Wildman–Crippen LogP) is 2.56. The molecular weight excluding hydrogens is 166 g/mol. The molecule has 64 valence electrons. The summed E-state index contributed by atoms with van der Waals surface area (Å²) in [5.74, 6) is 0. The van der Waals surface area contributed by atoms with Crippen molar-refractivity contribution in [3.8, 4) is 0 Å². The predicted molar refractivity (Wildman–Crippen MR) is 54.2 cm³/mol. The zero-order chi connectivity index (χ0) is 8.55. The van der Waals surface area contributed by atoms with Gasteiger partial charge < -0.3 is 5.73 Å². The lowest BCUT2D eigenvalue weighted by molar-refractivity contribution is 0.697. The van der Waals surface area contributed by atoms with Crippen LogP contribution >= 0.6 is 11.3 Å². The maximum absolute atomic E-state index is 5.64. The average Bonchev–Trinajstić information content (AvgIpc) is 2.46. The third kappa shape index (κ3) is 1.27. The standard InChI is InChI=1S/C10H13NS/c1-7(11)10-6-8-4-2-3-5-9(8)12-10/h6H,1-5,11H2. The van der Waals surface area contributed by atoms with Gasteiger partial charge in [-0.15, -0.1) is 11.3 Å². The monoisotopic (exact) mass is 179 g/mol. The van der Waals surface area contributed by atoms with E-state index in [1.165, 1.54) is 41.0 Å². The van der Waals surface area contributed by atoms with Gasteiger partial charge in [0.15, 0.2) is 0 Å². The molecule has 0 saturated carbocycles. The summed E-state index contributed by atoms with van der Waals surface area (Å²) in [7, 11) is 0. The summed E-state index contributed by atoms with van der Waals surface area (Å²) in [4.78, 5) is 2.70. The van der Waals surface area contributed by atoms with Crippen LogP contribution in [0.5, 0.6) is 0 Å². The lowest BCUT2D eigenvalue weighted by Gasteiger charge is -2.08. The van der Waals surface area contributed by atoms with Crippen LogP contribution in [0, 0.1) is 0 Å². The topological polar surface area (TPSA) is 26.0 Å². The summed E-state index contributed by atoms with van der Waals surface area (Å²) in [5, 5.41) is 0. The first-order valence-electron chi connectivity index (χ1n) is 4.33. The molecule has 1 aliphatic rings. The van der Waals surface area contributed by atoms with Gasteiger partial charge in [0, 0.05) is 15.5 Å². The minimum atomic E-state index is 0.717. The molecule has 0 atom stereocenters. The van der Waals surface area contributed by atoms with Crippen LogP contribution in [0.25, 0.3) is 5.70 Å². The first-order valence-corrected chi connectivity index (χ1v) is 5.15. The third-order valence-electron chi connectivity index (χ3n) is 2.31. The maximum atomic E-state index is 5.64. The van der Waals surface area contributed by atoms with Crippen LogP contribution < -0.4 is 5.73 Å². The van der Waals surface area contributed by atoms with Crippen molar-refractivity contribution in [1.82, 2.24) is 0 Å². The Labute approximate surface area is 76.9 Å². The molecule has 0 radical (unpaired) electrons. The molecule has 1 heterocycles. The Hall–Kier alpha value is -0.760. The van der Waals surface area contributed by atoms with Crippen molar-refractivity contribution in [3.05, 3.63) is 28.0 Å². The highest BCUT2D eigenvalue weighted by Crippen LogP contribution is 2.31. The molecule has 0 unspecified atom stereocenters. The largest absolute Gasteiger partial charge is 0.398 e. The van der Waals surface area contributed by atoms with Gasteiger partial charge in [-0.1, -0.05) is 6.58 Å². The van der Waals surface area contributed by atoms with E-state index in [0.29, 0.717) is 0 Å². The SMILES string of the molecule is C=C(N)c1cc2c(s1)CCCC2. The lowest BCUT2D eigenvalue weighted by atomic mass is 9.99. The molecule has 2 heteroatoms. The molecule has 0 aliphatic heterocycles. The maximum Gasteiger partial charge on any atom is 0.0499 e. The quantitative estimate of drug-likeness (QED) is 0.704. The van der Waals surface area contributed by atoms with Gasteiger partial charge in [0.1, 0.15) is 0 Å². The fraction of sp³-hybridized carbons (Fsp3) is 0.400.